The summed E-state index contributed by atoms with van der Waals surface area (Å²) in [6.45, 7) is 17.7. The normalized spacial score (nSPS) is 11.7. The second kappa shape index (κ2) is 9.22. The number of methoxy groups -OCH3 is 1. The summed E-state index contributed by atoms with van der Waals surface area (Å²) in [5.41, 5.74) is 3.21. The molecule has 1 heteroatoms. The van der Waals surface area contributed by atoms with Gasteiger partial charge in [-0.05, 0) is 48.1 Å². The van der Waals surface area contributed by atoms with Crippen molar-refractivity contribution in [3.63, 3.8) is 0 Å². The smallest absolute Gasteiger partial charge is 0.122 e. The predicted molar refractivity (Wildman–Crippen MR) is 100 cm³/mol. The minimum atomic E-state index is 0.207. The second-order valence-corrected chi connectivity index (χ2v) is 6.45. The molecule has 1 rings (SSSR count). The van der Waals surface area contributed by atoms with Crippen LogP contribution in [0.2, 0.25) is 0 Å². The van der Waals surface area contributed by atoms with E-state index in [2.05, 4.69) is 59.7 Å². The van der Waals surface area contributed by atoms with E-state index in [0.29, 0.717) is 0 Å². The molecule has 0 aromatic heterocycles. The molecule has 0 radical (unpaired) electrons. The molecule has 1 aromatic carbocycles. The molecule has 0 bridgehead atoms. The number of hydrogen-bond acceptors (Lipinski definition) is 1. The van der Waals surface area contributed by atoms with Crippen LogP contribution in [0.1, 0.15) is 92.2 Å². The lowest BCUT2D eigenvalue weighted by Crippen LogP contribution is -2.23. The topological polar surface area (TPSA) is 9.23 Å². The number of ether oxygens (including phenoxy) is 1. The third-order valence-electron chi connectivity index (χ3n) is 5.67. The fraction of sp³-hybridized carbons (Fsp3) is 0.714. The molecular formula is C21H38O. The maximum absolute atomic E-state index is 5.72. The van der Waals surface area contributed by atoms with Crippen LogP contribution in [0, 0.1) is 0 Å². The minimum Gasteiger partial charge on any atom is -0.496 e. The highest BCUT2D eigenvalue weighted by molar-refractivity contribution is 5.44. The Morgan fingerprint density at radius 2 is 1.27 bits per heavy atom. The van der Waals surface area contributed by atoms with Gasteiger partial charge >= 0.3 is 0 Å². The van der Waals surface area contributed by atoms with E-state index in [4.69, 9.17) is 4.74 Å². The van der Waals surface area contributed by atoms with Gasteiger partial charge in [-0.3, -0.25) is 0 Å². The van der Waals surface area contributed by atoms with E-state index in [9.17, 15) is 0 Å². The third-order valence-corrected chi connectivity index (χ3v) is 5.67. The molecule has 1 nitrogen and oxygen atoms in total. The number of rotatable bonds is 7. The van der Waals surface area contributed by atoms with Crippen molar-refractivity contribution in [2.45, 2.75) is 91.9 Å². The highest BCUT2D eigenvalue weighted by atomic mass is 16.5. The molecule has 0 aliphatic heterocycles. The van der Waals surface area contributed by atoms with Crippen LogP contribution in [0.25, 0.3) is 0 Å². The lowest BCUT2D eigenvalue weighted by atomic mass is 9.74. The zero-order chi connectivity index (χ0) is 17.4. The average Bonchev–Trinajstić information content (AvgIpc) is 2.61. The van der Waals surface area contributed by atoms with E-state index in [1.54, 1.807) is 7.11 Å². The monoisotopic (exact) mass is 306 g/mol. The van der Waals surface area contributed by atoms with Crippen LogP contribution in [0.5, 0.6) is 5.75 Å². The van der Waals surface area contributed by atoms with Gasteiger partial charge < -0.3 is 4.74 Å². The Morgan fingerprint density at radius 1 is 0.818 bits per heavy atom. The first-order chi connectivity index (χ1) is 10.4. The fourth-order valence-electron chi connectivity index (χ4n) is 2.85. The third kappa shape index (κ3) is 4.27. The van der Waals surface area contributed by atoms with E-state index in [-0.39, 0.29) is 10.8 Å². The first-order valence-corrected chi connectivity index (χ1v) is 9.09. The van der Waals surface area contributed by atoms with Gasteiger partial charge in [-0.2, -0.15) is 0 Å². The standard InChI is InChI=1S/C19H32O.C2H6/c1-8-18(5,9-2)15-12-13-16(17(14-15)20-7)19(6,10-3)11-4;1-2/h12-14H,8-11H2,1-7H3;1-2H3. The zero-order valence-electron chi connectivity index (χ0n) is 16.5. The molecule has 0 fully saturated rings. The SMILES string of the molecule is CC.CCC(C)(CC)c1ccc(C(C)(CC)CC)c(OC)c1. The highest BCUT2D eigenvalue weighted by Gasteiger charge is 2.28. The lowest BCUT2D eigenvalue weighted by molar-refractivity contribution is 0.369. The van der Waals surface area contributed by atoms with Crippen LogP contribution in [-0.4, -0.2) is 7.11 Å². The number of hydrogen-bond donors (Lipinski definition) is 0. The van der Waals surface area contributed by atoms with E-state index in [1.807, 2.05) is 13.8 Å². The molecule has 22 heavy (non-hydrogen) atoms. The van der Waals surface area contributed by atoms with Gasteiger partial charge in [0.15, 0.2) is 0 Å². The Labute approximate surface area is 139 Å². The predicted octanol–water partition coefficient (Wildman–Crippen LogP) is 6.88. The minimum absolute atomic E-state index is 0.207. The van der Waals surface area contributed by atoms with Gasteiger partial charge in [-0.1, -0.05) is 67.5 Å². The van der Waals surface area contributed by atoms with Crippen molar-refractivity contribution in [3.8, 4) is 5.75 Å². The van der Waals surface area contributed by atoms with Gasteiger partial charge in [0, 0.05) is 5.56 Å². The van der Waals surface area contributed by atoms with Gasteiger partial charge in [0.25, 0.3) is 0 Å². The van der Waals surface area contributed by atoms with Crippen LogP contribution < -0.4 is 4.74 Å². The summed E-state index contributed by atoms with van der Waals surface area (Å²) in [6, 6.07) is 6.88. The largest absolute Gasteiger partial charge is 0.496 e. The molecule has 0 unspecified atom stereocenters. The maximum atomic E-state index is 5.72. The molecule has 0 spiro atoms. The molecular weight excluding hydrogens is 268 g/mol. The van der Waals surface area contributed by atoms with Crippen LogP contribution in [-0.2, 0) is 10.8 Å². The molecule has 0 atom stereocenters. The van der Waals surface area contributed by atoms with Crippen molar-refractivity contribution in [1.29, 1.82) is 0 Å². The van der Waals surface area contributed by atoms with Crippen molar-refractivity contribution in [1.82, 2.24) is 0 Å². The molecule has 0 aliphatic carbocycles. The summed E-state index contributed by atoms with van der Waals surface area (Å²) in [5, 5.41) is 0. The lowest BCUT2D eigenvalue weighted by Gasteiger charge is -2.32. The molecule has 0 N–H and O–H groups in total. The Hall–Kier alpha value is -0.980. The van der Waals surface area contributed by atoms with Crippen LogP contribution in [0.15, 0.2) is 18.2 Å². The summed E-state index contributed by atoms with van der Waals surface area (Å²) < 4.78 is 5.72. The van der Waals surface area contributed by atoms with Gasteiger partial charge in [-0.15, -0.1) is 0 Å². The molecule has 0 amide bonds. The summed E-state index contributed by atoms with van der Waals surface area (Å²) in [5.74, 6) is 1.06. The maximum Gasteiger partial charge on any atom is 0.122 e. The first-order valence-electron chi connectivity index (χ1n) is 9.09. The molecule has 0 saturated carbocycles. The Bertz CT molecular complexity index is 426. The number of benzene rings is 1. The van der Waals surface area contributed by atoms with Crippen LogP contribution in [0.3, 0.4) is 0 Å². The van der Waals surface area contributed by atoms with Gasteiger partial charge in [0.1, 0.15) is 5.75 Å². The first kappa shape index (κ1) is 21.0. The quantitative estimate of drug-likeness (QED) is 0.533. The van der Waals surface area contributed by atoms with Gasteiger partial charge in [-0.25, -0.2) is 0 Å². The van der Waals surface area contributed by atoms with Crippen LogP contribution in [0.4, 0.5) is 0 Å². The molecule has 0 aliphatic rings. The summed E-state index contributed by atoms with van der Waals surface area (Å²) >= 11 is 0. The van der Waals surface area contributed by atoms with Crippen LogP contribution >= 0.6 is 0 Å². The summed E-state index contributed by atoms with van der Waals surface area (Å²) in [4.78, 5) is 0. The van der Waals surface area contributed by atoms with Gasteiger partial charge in [0.05, 0.1) is 7.11 Å². The van der Waals surface area contributed by atoms with Crippen molar-refractivity contribution < 1.29 is 4.74 Å². The Balaban J connectivity index is 0.00000211. The Kier molecular flexibility index (Phi) is 8.81. The average molecular weight is 307 g/mol. The molecule has 0 heterocycles. The molecule has 0 saturated heterocycles. The van der Waals surface area contributed by atoms with Crippen molar-refractivity contribution in [2.24, 2.45) is 0 Å². The fourth-order valence-corrected chi connectivity index (χ4v) is 2.85. The highest BCUT2D eigenvalue weighted by Crippen LogP contribution is 2.40. The molecule has 128 valence electrons. The Morgan fingerprint density at radius 3 is 1.64 bits per heavy atom. The summed E-state index contributed by atoms with van der Waals surface area (Å²) in [7, 11) is 1.80. The van der Waals surface area contributed by atoms with Gasteiger partial charge in [0.2, 0.25) is 0 Å². The van der Waals surface area contributed by atoms with Crippen molar-refractivity contribution in [2.75, 3.05) is 7.11 Å². The van der Waals surface area contributed by atoms with Crippen molar-refractivity contribution in [3.05, 3.63) is 29.3 Å². The van der Waals surface area contributed by atoms with E-state index < -0.39 is 0 Å². The van der Waals surface area contributed by atoms with E-state index >= 15 is 0 Å². The molecule has 1 aromatic rings. The summed E-state index contributed by atoms with van der Waals surface area (Å²) in [6.07, 6.45) is 4.59. The zero-order valence-corrected chi connectivity index (χ0v) is 16.5. The van der Waals surface area contributed by atoms with E-state index in [1.165, 1.54) is 11.1 Å². The van der Waals surface area contributed by atoms with Crippen molar-refractivity contribution >= 4 is 0 Å². The second-order valence-electron chi connectivity index (χ2n) is 6.45. The van der Waals surface area contributed by atoms with E-state index in [0.717, 1.165) is 31.4 Å².